The normalized spacial score (nSPS) is 19.8. The number of carbonyl (C=O) groups is 1. The van der Waals surface area contributed by atoms with Gasteiger partial charge in [-0.15, -0.1) is 0 Å². The van der Waals surface area contributed by atoms with Crippen molar-refractivity contribution in [2.75, 3.05) is 49.6 Å². The molecule has 1 atom stereocenters. The molecule has 4 rings (SSSR count). The molecule has 0 saturated carbocycles. The topological polar surface area (TPSA) is 44.8 Å². The molecule has 0 aliphatic carbocycles. The minimum atomic E-state index is -0.184. The first-order chi connectivity index (χ1) is 14.7. The second-order valence-electron chi connectivity index (χ2n) is 8.11. The van der Waals surface area contributed by atoms with Crippen LogP contribution in [-0.4, -0.2) is 56.2 Å². The second kappa shape index (κ2) is 10.0. The SMILES string of the molecule is O=C(CCN1CCCC1Cc1cccc(F)c1)Nc1ccc(N2CCOCC2)cc1. The van der Waals surface area contributed by atoms with Crippen LogP contribution in [0.2, 0.25) is 0 Å². The van der Waals surface area contributed by atoms with Crippen molar-refractivity contribution in [1.29, 1.82) is 0 Å². The lowest BCUT2D eigenvalue weighted by Gasteiger charge is -2.29. The predicted molar refractivity (Wildman–Crippen MR) is 117 cm³/mol. The molecule has 1 unspecified atom stereocenters. The van der Waals surface area contributed by atoms with Crippen molar-refractivity contribution in [3.63, 3.8) is 0 Å². The Balaban J connectivity index is 1.24. The third kappa shape index (κ3) is 5.58. The standard InChI is InChI=1S/C24H30FN3O2/c25-20-4-1-3-19(17-20)18-23-5-2-11-27(23)12-10-24(29)26-21-6-8-22(9-7-21)28-13-15-30-16-14-28/h1,3-4,6-9,17,23H,2,5,10-16,18H2,(H,26,29). The molecule has 2 aliphatic heterocycles. The van der Waals surface area contributed by atoms with Gasteiger partial charge in [-0.2, -0.15) is 0 Å². The average molecular weight is 412 g/mol. The number of likely N-dealkylation sites (tertiary alicyclic amines) is 1. The van der Waals surface area contributed by atoms with Gasteiger partial charge in [-0.25, -0.2) is 4.39 Å². The van der Waals surface area contributed by atoms with Gasteiger partial charge in [0.25, 0.3) is 0 Å². The van der Waals surface area contributed by atoms with E-state index in [1.807, 2.05) is 18.2 Å². The molecule has 5 nitrogen and oxygen atoms in total. The van der Waals surface area contributed by atoms with E-state index in [-0.39, 0.29) is 11.7 Å². The summed E-state index contributed by atoms with van der Waals surface area (Å²) >= 11 is 0. The maximum atomic E-state index is 13.5. The van der Waals surface area contributed by atoms with Gasteiger partial charge in [0.15, 0.2) is 0 Å². The fraction of sp³-hybridized carbons (Fsp3) is 0.458. The van der Waals surface area contributed by atoms with Crippen molar-refractivity contribution in [1.82, 2.24) is 4.90 Å². The Morgan fingerprint density at radius 1 is 1.10 bits per heavy atom. The molecule has 6 heteroatoms. The number of nitrogens with zero attached hydrogens (tertiary/aromatic N) is 2. The Morgan fingerprint density at radius 2 is 1.90 bits per heavy atom. The summed E-state index contributed by atoms with van der Waals surface area (Å²) in [5.74, 6) is -0.151. The van der Waals surface area contributed by atoms with Crippen molar-refractivity contribution >= 4 is 17.3 Å². The van der Waals surface area contributed by atoms with Crippen molar-refractivity contribution in [3.05, 3.63) is 59.9 Å². The quantitative estimate of drug-likeness (QED) is 0.755. The highest BCUT2D eigenvalue weighted by Gasteiger charge is 2.25. The zero-order chi connectivity index (χ0) is 20.8. The lowest BCUT2D eigenvalue weighted by atomic mass is 10.0. The zero-order valence-electron chi connectivity index (χ0n) is 17.4. The van der Waals surface area contributed by atoms with Crippen LogP contribution in [0.4, 0.5) is 15.8 Å². The number of carbonyl (C=O) groups excluding carboxylic acids is 1. The average Bonchev–Trinajstić information content (AvgIpc) is 3.20. The predicted octanol–water partition coefficient (Wildman–Crippen LogP) is 3.70. The summed E-state index contributed by atoms with van der Waals surface area (Å²) in [4.78, 5) is 17.1. The minimum absolute atomic E-state index is 0.0329. The second-order valence-corrected chi connectivity index (χ2v) is 8.11. The van der Waals surface area contributed by atoms with E-state index < -0.39 is 0 Å². The van der Waals surface area contributed by atoms with Gasteiger partial charge in [0.2, 0.25) is 5.91 Å². The van der Waals surface area contributed by atoms with Gasteiger partial charge >= 0.3 is 0 Å². The summed E-state index contributed by atoms with van der Waals surface area (Å²) in [6, 6.07) is 15.3. The summed E-state index contributed by atoms with van der Waals surface area (Å²) in [5, 5.41) is 3.01. The molecule has 0 spiro atoms. The molecular formula is C24H30FN3O2. The summed E-state index contributed by atoms with van der Waals surface area (Å²) in [6.07, 6.45) is 3.53. The number of nitrogens with one attached hydrogen (secondary N) is 1. The molecule has 2 saturated heterocycles. The Hall–Kier alpha value is -2.44. The van der Waals surface area contributed by atoms with Crippen LogP contribution in [0.5, 0.6) is 0 Å². The van der Waals surface area contributed by atoms with E-state index in [0.717, 1.165) is 75.6 Å². The number of benzene rings is 2. The van der Waals surface area contributed by atoms with Crippen LogP contribution < -0.4 is 10.2 Å². The van der Waals surface area contributed by atoms with Gasteiger partial charge in [0, 0.05) is 43.5 Å². The smallest absolute Gasteiger partial charge is 0.225 e. The van der Waals surface area contributed by atoms with Crippen molar-refractivity contribution in [3.8, 4) is 0 Å². The number of ether oxygens (including phenoxy) is 1. The van der Waals surface area contributed by atoms with Crippen LogP contribution in [0.3, 0.4) is 0 Å². The molecule has 2 heterocycles. The van der Waals surface area contributed by atoms with Crippen LogP contribution in [-0.2, 0) is 16.0 Å². The van der Waals surface area contributed by atoms with E-state index in [2.05, 4.69) is 27.2 Å². The van der Waals surface area contributed by atoms with Crippen molar-refractivity contribution in [2.45, 2.75) is 31.7 Å². The van der Waals surface area contributed by atoms with E-state index >= 15 is 0 Å². The number of hydrogen-bond acceptors (Lipinski definition) is 4. The molecule has 1 N–H and O–H groups in total. The molecule has 2 fully saturated rings. The van der Waals surface area contributed by atoms with E-state index in [1.54, 1.807) is 12.1 Å². The Labute approximate surface area is 177 Å². The molecule has 2 aromatic carbocycles. The minimum Gasteiger partial charge on any atom is -0.378 e. The van der Waals surface area contributed by atoms with Gasteiger partial charge in [-0.05, 0) is 67.8 Å². The van der Waals surface area contributed by atoms with Gasteiger partial charge in [0.05, 0.1) is 13.2 Å². The Kier molecular flexibility index (Phi) is 6.97. The lowest BCUT2D eigenvalue weighted by molar-refractivity contribution is -0.116. The fourth-order valence-electron chi connectivity index (χ4n) is 4.40. The van der Waals surface area contributed by atoms with E-state index in [1.165, 1.54) is 6.07 Å². The monoisotopic (exact) mass is 411 g/mol. The van der Waals surface area contributed by atoms with Gasteiger partial charge in [0.1, 0.15) is 5.82 Å². The molecule has 0 bridgehead atoms. The fourth-order valence-corrected chi connectivity index (χ4v) is 4.40. The summed E-state index contributed by atoms with van der Waals surface area (Å²) in [5.41, 5.74) is 3.01. The molecule has 160 valence electrons. The molecule has 1 amide bonds. The highest BCUT2D eigenvalue weighted by molar-refractivity contribution is 5.91. The molecule has 0 radical (unpaired) electrons. The van der Waals surface area contributed by atoms with E-state index in [0.29, 0.717) is 12.5 Å². The van der Waals surface area contributed by atoms with E-state index in [9.17, 15) is 9.18 Å². The molecule has 2 aliphatic rings. The number of hydrogen-bond donors (Lipinski definition) is 1. The third-order valence-corrected chi connectivity index (χ3v) is 6.01. The third-order valence-electron chi connectivity index (χ3n) is 6.01. The van der Waals surface area contributed by atoms with Crippen LogP contribution in [0.25, 0.3) is 0 Å². The molecular weight excluding hydrogens is 381 g/mol. The van der Waals surface area contributed by atoms with E-state index in [4.69, 9.17) is 4.74 Å². The summed E-state index contributed by atoms with van der Waals surface area (Å²) < 4.78 is 18.8. The van der Waals surface area contributed by atoms with Gasteiger partial charge in [-0.1, -0.05) is 12.1 Å². The first kappa shape index (κ1) is 20.8. The lowest BCUT2D eigenvalue weighted by Crippen LogP contribution is -2.36. The molecule has 2 aromatic rings. The van der Waals surface area contributed by atoms with Crippen LogP contribution in [0.1, 0.15) is 24.8 Å². The highest BCUT2D eigenvalue weighted by atomic mass is 19.1. The molecule has 30 heavy (non-hydrogen) atoms. The summed E-state index contributed by atoms with van der Waals surface area (Å²) in [6.45, 7) is 5.06. The molecule has 0 aromatic heterocycles. The first-order valence-electron chi connectivity index (χ1n) is 10.9. The Morgan fingerprint density at radius 3 is 2.67 bits per heavy atom. The van der Waals surface area contributed by atoms with Crippen LogP contribution >= 0.6 is 0 Å². The van der Waals surface area contributed by atoms with Gasteiger partial charge < -0.3 is 15.0 Å². The number of morpholine rings is 1. The largest absolute Gasteiger partial charge is 0.378 e. The number of anilines is 2. The van der Waals surface area contributed by atoms with Crippen LogP contribution in [0.15, 0.2) is 48.5 Å². The summed E-state index contributed by atoms with van der Waals surface area (Å²) in [7, 11) is 0. The van der Waals surface area contributed by atoms with Crippen LogP contribution in [0, 0.1) is 5.82 Å². The van der Waals surface area contributed by atoms with Crippen molar-refractivity contribution < 1.29 is 13.9 Å². The highest BCUT2D eigenvalue weighted by Crippen LogP contribution is 2.22. The van der Waals surface area contributed by atoms with Gasteiger partial charge in [-0.3, -0.25) is 9.69 Å². The number of amides is 1. The first-order valence-corrected chi connectivity index (χ1v) is 10.9. The number of rotatable bonds is 7. The zero-order valence-corrected chi connectivity index (χ0v) is 17.4. The Bertz CT molecular complexity index is 837. The maximum Gasteiger partial charge on any atom is 0.225 e. The maximum absolute atomic E-state index is 13.5. The van der Waals surface area contributed by atoms with Crippen molar-refractivity contribution in [2.24, 2.45) is 0 Å². The number of halogens is 1.